The molecule has 0 spiro atoms. The summed E-state index contributed by atoms with van der Waals surface area (Å²) in [4.78, 5) is 11.9. The molecule has 2 N–H and O–H groups in total. The highest BCUT2D eigenvalue weighted by molar-refractivity contribution is 5.73. The Morgan fingerprint density at radius 3 is 2.74 bits per heavy atom. The highest BCUT2D eigenvalue weighted by atomic mass is 16.6. The van der Waals surface area contributed by atoms with Crippen molar-refractivity contribution >= 4 is 6.03 Å². The van der Waals surface area contributed by atoms with E-state index in [9.17, 15) is 4.79 Å². The van der Waals surface area contributed by atoms with Gasteiger partial charge in [0.1, 0.15) is 6.61 Å². The fraction of sp³-hybridized carbons (Fsp3) is 0.353. The van der Waals surface area contributed by atoms with Gasteiger partial charge in [0, 0.05) is 18.4 Å². The summed E-state index contributed by atoms with van der Waals surface area (Å²) < 4.78 is 13.5. The molecule has 1 unspecified atom stereocenters. The van der Waals surface area contributed by atoms with Crippen LogP contribution in [0.25, 0.3) is 0 Å². The largest absolute Gasteiger partial charge is 0.486 e. The van der Waals surface area contributed by atoms with Crippen LogP contribution in [0.2, 0.25) is 0 Å². The molecule has 6 heteroatoms. The lowest BCUT2D eigenvalue weighted by Gasteiger charge is -2.26. The molecule has 2 heterocycles. The van der Waals surface area contributed by atoms with E-state index >= 15 is 0 Å². The van der Waals surface area contributed by atoms with Gasteiger partial charge in [-0.15, -0.1) is 0 Å². The first kappa shape index (κ1) is 15.3. The molecule has 0 saturated heterocycles. The standard InChI is InChI=1S/C17H21N3O3/c1-12-7-8-13(20(12)2)9-18-17(21)19-10-14-11-22-15-5-3-4-6-16(15)23-14/h3-8,14H,9-11H2,1-2H3,(H2,18,19,21). The van der Waals surface area contributed by atoms with E-state index in [4.69, 9.17) is 9.47 Å². The molecular formula is C17H21N3O3. The van der Waals surface area contributed by atoms with Crippen LogP contribution in [0.4, 0.5) is 4.79 Å². The third kappa shape index (κ3) is 3.59. The Kier molecular flexibility index (Phi) is 4.41. The zero-order chi connectivity index (χ0) is 16.2. The van der Waals surface area contributed by atoms with Crippen molar-refractivity contribution in [3.63, 3.8) is 0 Å². The van der Waals surface area contributed by atoms with Gasteiger partial charge in [-0.1, -0.05) is 12.1 Å². The first-order valence-corrected chi connectivity index (χ1v) is 7.65. The van der Waals surface area contributed by atoms with Crippen LogP contribution in [0.5, 0.6) is 11.5 Å². The average Bonchev–Trinajstić information content (AvgIpc) is 2.89. The van der Waals surface area contributed by atoms with E-state index in [1.807, 2.05) is 50.4 Å². The van der Waals surface area contributed by atoms with Gasteiger partial charge in [0.05, 0.1) is 13.1 Å². The van der Waals surface area contributed by atoms with E-state index in [-0.39, 0.29) is 12.1 Å². The van der Waals surface area contributed by atoms with Crippen molar-refractivity contribution in [3.05, 3.63) is 47.8 Å². The van der Waals surface area contributed by atoms with Crippen LogP contribution in [0.15, 0.2) is 36.4 Å². The highest BCUT2D eigenvalue weighted by Crippen LogP contribution is 2.30. The first-order valence-electron chi connectivity index (χ1n) is 7.65. The maximum atomic E-state index is 11.9. The summed E-state index contributed by atoms with van der Waals surface area (Å²) in [7, 11) is 1.98. The van der Waals surface area contributed by atoms with E-state index in [1.165, 1.54) is 0 Å². The SMILES string of the molecule is Cc1ccc(CNC(=O)NCC2COc3ccccc3O2)n1C. The number of hydrogen-bond acceptors (Lipinski definition) is 3. The second-order valence-corrected chi connectivity index (χ2v) is 5.59. The van der Waals surface area contributed by atoms with Crippen molar-refractivity contribution in [2.45, 2.75) is 19.6 Å². The number of urea groups is 1. The van der Waals surface area contributed by atoms with Crippen LogP contribution in [0, 0.1) is 6.92 Å². The average molecular weight is 315 g/mol. The number of amides is 2. The molecule has 1 aliphatic heterocycles. The summed E-state index contributed by atoms with van der Waals surface area (Å²) in [5, 5.41) is 5.66. The minimum Gasteiger partial charge on any atom is -0.486 e. The highest BCUT2D eigenvalue weighted by Gasteiger charge is 2.20. The molecule has 2 aromatic rings. The second-order valence-electron chi connectivity index (χ2n) is 5.59. The topological polar surface area (TPSA) is 64.5 Å². The number of carbonyl (C=O) groups excluding carboxylic acids is 1. The Morgan fingerprint density at radius 1 is 1.22 bits per heavy atom. The van der Waals surface area contributed by atoms with E-state index in [2.05, 4.69) is 15.2 Å². The minimum atomic E-state index is -0.216. The summed E-state index contributed by atoms with van der Waals surface area (Å²) in [5.74, 6) is 1.46. The van der Waals surface area contributed by atoms with Gasteiger partial charge in [-0.25, -0.2) is 4.79 Å². The molecule has 23 heavy (non-hydrogen) atoms. The van der Waals surface area contributed by atoms with E-state index in [0.717, 1.165) is 17.1 Å². The Labute approximate surface area is 135 Å². The maximum Gasteiger partial charge on any atom is 0.315 e. The Bertz CT molecular complexity index is 696. The minimum absolute atomic E-state index is 0.187. The zero-order valence-electron chi connectivity index (χ0n) is 13.3. The molecule has 1 atom stereocenters. The van der Waals surface area contributed by atoms with Gasteiger partial charge in [0.15, 0.2) is 17.6 Å². The molecule has 1 aromatic carbocycles. The van der Waals surface area contributed by atoms with Crippen molar-refractivity contribution in [3.8, 4) is 11.5 Å². The van der Waals surface area contributed by atoms with Crippen molar-refractivity contribution < 1.29 is 14.3 Å². The van der Waals surface area contributed by atoms with Gasteiger partial charge >= 0.3 is 6.03 Å². The van der Waals surface area contributed by atoms with Gasteiger partial charge in [0.2, 0.25) is 0 Å². The summed E-state index contributed by atoms with van der Waals surface area (Å²) in [6, 6.07) is 11.3. The third-order valence-electron chi connectivity index (χ3n) is 3.96. The van der Waals surface area contributed by atoms with Crippen LogP contribution >= 0.6 is 0 Å². The summed E-state index contributed by atoms with van der Waals surface area (Å²) in [6.45, 7) is 3.34. The van der Waals surface area contributed by atoms with Crippen LogP contribution in [-0.4, -0.2) is 29.9 Å². The molecular weight excluding hydrogens is 294 g/mol. The molecule has 2 amide bonds. The number of aromatic nitrogens is 1. The quantitative estimate of drug-likeness (QED) is 0.907. The molecule has 6 nitrogen and oxygen atoms in total. The number of rotatable bonds is 4. The second kappa shape index (κ2) is 6.64. The van der Waals surface area contributed by atoms with Crippen molar-refractivity contribution in [2.24, 2.45) is 7.05 Å². The molecule has 0 bridgehead atoms. The number of ether oxygens (including phenoxy) is 2. The monoisotopic (exact) mass is 315 g/mol. The molecule has 1 aromatic heterocycles. The number of para-hydroxylation sites is 2. The predicted molar refractivity (Wildman–Crippen MR) is 86.7 cm³/mol. The van der Waals surface area contributed by atoms with E-state index in [1.54, 1.807) is 0 Å². The molecule has 0 aliphatic carbocycles. The lowest BCUT2D eigenvalue weighted by Crippen LogP contribution is -2.44. The summed E-state index contributed by atoms with van der Waals surface area (Å²) in [6.07, 6.45) is -0.187. The number of hydrogen-bond donors (Lipinski definition) is 2. The summed E-state index contributed by atoms with van der Waals surface area (Å²) >= 11 is 0. The Morgan fingerprint density at radius 2 is 2.00 bits per heavy atom. The number of aryl methyl sites for hydroxylation is 1. The number of nitrogens with one attached hydrogen (secondary N) is 2. The van der Waals surface area contributed by atoms with Gasteiger partial charge in [-0.05, 0) is 31.2 Å². The smallest absolute Gasteiger partial charge is 0.315 e. The van der Waals surface area contributed by atoms with Crippen LogP contribution in [0.1, 0.15) is 11.4 Å². The molecule has 1 aliphatic rings. The number of carbonyl (C=O) groups is 1. The van der Waals surface area contributed by atoms with Crippen molar-refractivity contribution in [2.75, 3.05) is 13.2 Å². The molecule has 0 saturated carbocycles. The van der Waals surface area contributed by atoms with Crippen molar-refractivity contribution in [1.82, 2.24) is 15.2 Å². The lowest BCUT2D eigenvalue weighted by molar-refractivity contribution is 0.0918. The van der Waals surface area contributed by atoms with Gasteiger partial charge < -0.3 is 24.7 Å². The fourth-order valence-electron chi connectivity index (χ4n) is 2.45. The van der Waals surface area contributed by atoms with Gasteiger partial charge in [0.25, 0.3) is 0 Å². The normalized spacial score (nSPS) is 16.0. The number of fused-ring (bicyclic) bond motifs is 1. The lowest BCUT2D eigenvalue weighted by atomic mass is 10.2. The number of nitrogens with zero attached hydrogens (tertiary/aromatic N) is 1. The van der Waals surface area contributed by atoms with Gasteiger partial charge in [-0.2, -0.15) is 0 Å². The molecule has 3 rings (SSSR count). The number of benzene rings is 1. The zero-order valence-corrected chi connectivity index (χ0v) is 13.3. The molecule has 122 valence electrons. The first-order chi connectivity index (χ1) is 11.1. The molecule has 0 radical (unpaired) electrons. The van der Waals surface area contributed by atoms with Crippen LogP contribution < -0.4 is 20.1 Å². The molecule has 0 fully saturated rings. The van der Waals surface area contributed by atoms with E-state index < -0.39 is 0 Å². The fourth-order valence-corrected chi connectivity index (χ4v) is 2.45. The van der Waals surface area contributed by atoms with Crippen LogP contribution in [0.3, 0.4) is 0 Å². The Hall–Kier alpha value is -2.63. The van der Waals surface area contributed by atoms with Crippen molar-refractivity contribution in [1.29, 1.82) is 0 Å². The van der Waals surface area contributed by atoms with E-state index in [0.29, 0.717) is 25.4 Å². The Balaban J connectivity index is 1.44. The van der Waals surface area contributed by atoms with Crippen LogP contribution in [-0.2, 0) is 13.6 Å². The summed E-state index contributed by atoms with van der Waals surface area (Å²) in [5.41, 5.74) is 2.22. The van der Waals surface area contributed by atoms with Gasteiger partial charge in [-0.3, -0.25) is 0 Å². The maximum absolute atomic E-state index is 11.9. The predicted octanol–water partition coefficient (Wildman–Crippen LogP) is 1.97. The third-order valence-corrected chi connectivity index (χ3v) is 3.96.